The van der Waals surface area contributed by atoms with E-state index in [1.807, 2.05) is 18.2 Å². The fraction of sp³-hybridized carbons (Fsp3) is 0.241. The minimum Gasteiger partial charge on any atom is -0.493 e. The molecule has 0 spiro atoms. The normalized spacial score (nSPS) is 15.1. The van der Waals surface area contributed by atoms with Crippen molar-refractivity contribution in [2.75, 3.05) is 25.3 Å². The van der Waals surface area contributed by atoms with Crippen LogP contribution >= 0.6 is 0 Å². The first-order valence-corrected chi connectivity index (χ1v) is 12.0. The Morgan fingerprint density at radius 1 is 0.917 bits per heavy atom. The van der Waals surface area contributed by atoms with E-state index in [9.17, 15) is 9.59 Å². The number of hydrogen-bond acceptors (Lipinski definition) is 5. The first-order chi connectivity index (χ1) is 17.5. The van der Waals surface area contributed by atoms with Crippen LogP contribution in [0.3, 0.4) is 0 Å². The molecule has 1 aliphatic heterocycles. The highest BCUT2D eigenvalue weighted by Gasteiger charge is 2.34. The summed E-state index contributed by atoms with van der Waals surface area (Å²) < 4.78 is 17.1. The highest BCUT2D eigenvalue weighted by Crippen LogP contribution is 2.30. The molecule has 3 aromatic rings. The zero-order chi connectivity index (χ0) is 25.5. The lowest BCUT2D eigenvalue weighted by Gasteiger charge is -2.14. The monoisotopic (exact) mass is 486 g/mol. The molecule has 186 valence electrons. The van der Waals surface area contributed by atoms with Crippen LogP contribution in [0, 0.1) is 0 Å². The number of rotatable bonds is 10. The van der Waals surface area contributed by atoms with Gasteiger partial charge in [0.1, 0.15) is 24.5 Å². The quantitative estimate of drug-likeness (QED) is 0.244. The molecule has 2 amide bonds. The van der Waals surface area contributed by atoms with Crippen LogP contribution < -0.4 is 24.6 Å². The van der Waals surface area contributed by atoms with Gasteiger partial charge in [-0.2, -0.15) is 0 Å². The fourth-order valence-electron chi connectivity index (χ4n) is 3.82. The van der Waals surface area contributed by atoms with Gasteiger partial charge < -0.3 is 14.2 Å². The molecule has 1 heterocycles. The summed E-state index contributed by atoms with van der Waals surface area (Å²) in [7, 11) is 1.54. The highest BCUT2D eigenvalue weighted by molar-refractivity contribution is 6.31. The molecule has 7 nitrogen and oxygen atoms in total. The first-order valence-electron chi connectivity index (χ1n) is 12.0. The van der Waals surface area contributed by atoms with Gasteiger partial charge in [0.05, 0.1) is 12.8 Å². The number of nitrogens with zero attached hydrogens (tertiary/aromatic N) is 1. The maximum atomic E-state index is 12.8. The predicted molar refractivity (Wildman–Crippen MR) is 139 cm³/mol. The third-order valence-electron chi connectivity index (χ3n) is 6.08. The summed E-state index contributed by atoms with van der Waals surface area (Å²) in [5.74, 6) is 1.48. The van der Waals surface area contributed by atoms with Crippen LogP contribution in [-0.2, 0) is 9.59 Å². The Kier molecular flexibility index (Phi) is 7.90. The number of anilines is 1. The summed E-state index contributed by atoms with van der Waals surface area (Å²) in [6.45, 7) is 5.09. The third kappa shape index (κ3) is 5.68. The number of carbonyl (C=O) groups is 2. The standard InChI is InChI=1S/C29H30N2O5/c1-4-20(2)22-11-13-24(14-12-22)35-16-17-36-26-15-10-21(19-27(26)34-3)18-25-28(32)30-31(29(25)33)23-8-6-5-7-9-23/h5-15,18-20H,4,16-17H2,1-3H3,(H,30,32)/b25-18+/t20-/m1/s1. The van der Waals surface area contributed by atoms with E-state index in [2.05, 4.69) is 31.4 Å². The molecule has 0 aromatic heterocycles. The molecule has 0 bridgehead atoms. The molecule has 0 aliphatic carbocycles. The van der Waals surface area contributed by atoms with Gasteiger partial charge in [0.25, 0.3) is 11.8 Å². The van der Waals surface area contributed by atoms with E-state index in [4.69, 9.17) is 14.2 Å². The van der Waals surface area contributed by atoms with E-state index in [-0.39, 0.29) is 5.57 Å². The van der Waals surface area contributed by atoms with Crippen molar-refractivity contribution < 1.29 is 23.8 Å². The molecule has 0 radical (unpaired) electrons. The number of benzene rings is 3. The molecular formula is C29H30N2O5. The Morgan fingerprint density at radius 3 is 2.33 bits per heavy atom. The van der Waals surface area contributed by atoms with E-state index in [0.717, 1.165) is 12.2 Å². The summed E-state index contributed by atoms with van der Waals surface area (Å²) in [5, 5.41) is 1.24. The lowest BCUT2D eigenvalue weighted by molar-refractivity contribution is -0.117. The highest BCUT2D eigenvalue weighted by atomic mass is 16.5. The minimum atomic E-state index is -0.461. The Hall–Kier alpha value is -4.26. The number of para-hydroxylation sites is 1. The van der Waals surface area contributed by atoms with Crippen molar-refractivity contribution in [1.82, 2.24) is 5.43 Å². The van der Waals surface area contributed by atoms with E-state index in [1.54, 1.807) is 55.7 Å². The summed E-state index contributed by atoms with van der Waals surface area (Å²) in [6.07, 6.45) is 2.64. The van der Waals surface area contributed by atoms with Crippen LogP contribution in [0.15, 0.2) is 78.4 Å². The Morgan fingerprint density at radius 2 is 1.64 bits per heavy atom. The number of ether oxygens (including phenoxy) is 3. The van der Waals surface area contributed by atoms with Gasteiger partial charge in [-0.25, -0.2) is 5.01 Å². The molecule has 3 aromatic carbocycles. The molecule has 4 rings (SSSR count). The van der Waals surface area contributed by atoms with Crippen molar-refractivity contribution in [3.63, 3.8) is 0 Å². The van der Waals surface area contributed by atoms with Crippen LogP contribution in [0.4, 0.5) is 5.69 Å². The lowest BCUT2D eigenvalue weighted by atomic mass is 9.99. The van der Waals surface area contributed by atoms with Crippen LogP contribution in [0.1, 0.15) is 37.3 Å². The molecule has 1 aliphatic rings. The van der Waals surface area contributed by atoms with Gasteiger partial charge in [-0.05, 0) is 65.9 Å². The maximum absolute atomic E-state index is 12.8. The molecular weight excluding hydrogens is 456 g/mol. The van der Waals surface area contributed by atoms with Gasteiger partial charge >= 0.3 is 0 Å². The SMILES string of the molecule is CC[C@@H](C)c1ccc(OCCOc2ccc(/C=C3\C(=O)NN(c4ccccc4)C3=O)cc2OC)cc1. The molecule has 0 unspecified atom stereocenters. The molecule has 1 N–H and O–H groups in total. The second-order valence-electron chi connectivity index (χ2n) is 8.46. The Balaban J connectivity index is 1.37. The zero-order valence-electron chi connectivity index (χ0n) is 20.7. The Bertz CT molecular complexity index is 1240. The predicted octanol–water partition coefficient (Wildman–Crippen LogP) is 5.13. The first kappa shape index (κ1) is 24.9. The number of methoxy groups -OCH3 is 1. The second-order valence-corrected chi connectivity index (χ2v) is 8.46. The molecule has 0 saturated carbocycles. The van der Waals surface area contributed by atoms with Crippen molar-refractivity contribution in [2.24, 2.45) is 0 Å². The molecule has 1 saturated heterocycles. The zero-order valence-corrected chi connectivity index (χ0v) is 20.7. The van der Waals surface area contributed by atoms with Crippen LogP contribution in [0.5, 0.6) is 17.2 Å². The summed E-state index contributed by atoms with van der Waals surface area (Å²) in [4.78, 5) is 25.2. The smallest absolute Gasteiger partial charge is 0.282 e. The largest absolute Gasteiger partial charge is 0.493 e. The number of amides is 2. The molecule has 1 fully saturated rings. The number of nitrogens with one attached hydrogen (secondary N) is 1. The molecule has 36 heavy (non-hydrogen) atoms. The average Bonchev–Trinajstić information content (AvgIpc) is 3.20. The fourth-order valence-corrected chi connectivity index (χ4v) is 3.82. The van der Waals surface area contributed by atoms with E-state index < -0.39 is 11.8 Å². The summed E-state index contributed by atoms with van der Waals surface area (Å²) >= 11 is 0. The average molecular weight is 487 g/mol. The van der Waals surface area contributed by atoms with Crippen molar-refractivity contribution in [3.05, 3.63) is 89.5 Å². The van der Waals surface area contributed by atoms with E-state index >= 15 is 0 Å². The van der Waals surface area contributed by atoms with Gasteiger partial charge in [-0.15, -0.1) is 0 Å². The van der Waals surface area contributed by atoms with Crippen LogP contribution in [-0.4, -0.2) is 32.1 Å². The van der Waals surface area contributed by atoms with Gasteiger partial charge in [-0.3, -0.25) is 15.0 Å². The molecule has 7 heteroatoms. The Labute approximate surface area is 211 Å². The summed E-state index contributed by atoms with van der Waals surface area (Å²) in [5.41, 5.74) is 5.17. The summed E-state index contributed by atoms with van der Waals surface area (Å²) in [6, 6.07) is 22.3. The van der Waals surface area contributed by atoms with Gasteiger partial charge in [0, 0.05) is 0 Å². The van der Waals surface area contributed by atoms with Gasteiger partial charge in [-0.1, -0.05) is 50.2 Å². The topological polar surface area (TPSA) is 77.1 Å². The third-order valence-corrected chi connectivity index (χ3v) is 6.08. The van der Waals surface area contributed by atoms with E-state index in [0.29, 0.717) is 41.9 Å². The van der Waals surface area contributed by atoms with Crippen molar-refractivity contribution in [1.29, 1.82) is 0 Å². The van der Waals surface area contributed by atoms with Crippen molar-refractivity contribution in [2.45, 2.75) is 26.2 Å². The van der Waals surface area contributed by atoms with Crippen LogP contribution in [0.2, 0.25) is 0 Å². The minimum absolute atomic E-state index is 0.0438. The van der Waals surface area contributed by atoms with Crippen LogP contribution in [0.25, 0.3) is 6.08 Å². The van der Waals surface area contributed by atoms with Gasteiger partial charge in [0.15, 0.2) is 11.5 Å². The number of hydrogen-bond donors (Lipinski definition) is 1. The van der Waals surface area contributed by atoms with Gasteiger partial charge in [0.2, 0.25) is 0 Å². The number of hydrazine groups is 1. The number of carbonyl (C=O) groups excluding carboxylic acids is 2. The van der Waals surface area contributed by atoms with E-state index in [1.165, 1.54) is 10.6 Å². The lowest BCUT2D eigenvalue weighted by Crippen LogP contribution is -2.35. The van der Waals surface area contributed by atoms with Crippen molar-refractivity contribution >= 4 is 23.6 Å². The van der Waals surface area contributed by atoms with Crippen molar-refractivity contribution in [3.8, 4) is 17.2 Å². The molecule has 1 atom stereocenters. The maximum Gasteiger partial charge on any atom is 0.282 e. The second kappa shape index (κ2) is 11.4.